The van der Waals surface area contributed by atoms with Crippen LogP contribution in [0.1, 0.15) is 18.5 Å². The molecule has 0 saturated carbocycles. The minimum atomic E-state index is -0.674. The first-order chi connectivity index (χ1) is 11.5. The first-order valence-electron chi connectivity index (χ1n) is 7.10. The molecule has 0 bridgehead atoms. The summed E-state index contributed by atoms with van der Waals surface area (Å²) in [6, 6.07) is 4.66. The van der Waals surface area contributed by atoms with E-state index in [1.54, 1.807) is 6.92 Å². The van der Waals surface area contributed by atoms with Crippen LogP contribution in [0, 0.1) is 11.6 Å². The molecule has 4 nitrogen and oxygen atoms in total. The Morgan fingerprint density at radius 1 is 1.33 bits per heavy atom. The van der Waals surface area contributed by atoms with Gasteiger partial charge in [0.2, 0.25) is 5.91 Å². The van der Waals surface area contributed by atoms with Gasteiger partial charge in [0.05, 0.1) is 22.0 Å². The van der Waals surface area contributed by atoms with Crippen LogP contribution in [0.4, 0.5) is 8.78 Å². The number of hydrogen-bond donors (Lipinski definition) is 1. The molecule has 1 aromatic carbocycles. The van der Waals surface area contributed by atoms with E-state index in [1.165, 1.54) is 41.6 Å². The lowest BCUT2D eigenvalue weighted by Crippen LogP contribution is -2.28. The highest BCUT2D eigenvalue weighted by Crippen LogP contribution is 2.28. The van der Waals surface area contributed by atoms with Crippen molar-refractivity contribution in [3.8, 4) is 0 Å². The molecular weight excluding hydrogens is 352 g/mol. The molecule has 1 atom stereocenters. The van der Waals surface area contributed by atoms with E-state index < -0.39 is 17.7 Å². The Bertz CT molecular complexity index is 885. The van der Waals surface area contributed by atoms with Crippen molar-refractivity contribution in [2.75, 3.05) is 5.75 Å². The van der Waals surface area contributed by atoms with Crippen LogP contribution in [0.5, 0.6) is 0 Å². The van der Waals surface area contributed by atoms with Gasteiger partial charge in [-0.3, -0.25) is 4.79 Å². The molecule has 0 radical (unpaired) electrons. The lowest BCUT2D eigenvalue weighted by molar-refractivity contribution is -0.119. The van der Waals surface area contributed by atoms with Gasteiger partial charge in [0.25, 0.3) is 0 Å². The van der Waals surface area contributed by atoms with Gasteiger partial charge < -0.3 is 5.32 Å². The van der Waals surface area contributed by atoms with Gasteiger partial charge in [-0.2, -0.15) is 0 Å². The van der Waals surface area contributed by atoms with E-state index in [0.29, 0.717) is 0 Å². The fraction of sp³-hybridized carbons (Fsp3) is 0.188. The van der Waals surface area contributed by atoms with E-state index >= 15 is 0 Å². The fourth-order valence-corrected chi connectivity index (χ4v) is 3.97. The maximum Gasteiger partial charge on any atom is 0.230 e. The second-order valence-electron chi connectivity index (χ2n) is 5.06. The summed E-state index contributed by atoms with van der Waals surface area (Å²) in [5.41, 5.74) is 1.09. The fourth-order valence-electron chi connectivity index (χ4n) is 2.22. The van der Waals surface area contributed by atoms with Gasteiger partial charge in [0.1, 0.15) is 23.0 Å². The van der Waals surface area contributed by atoms with Gasteiger partial charge in [-0.15, -0.1) is 11.3 Å². The van der Waals surface area contributed by atoms with Crippen LogP contribution in [0.2, 0.25) is 0 Å². The molecule has 1 amide bonds. The summed E-state index contributed by atoms with van der Waals surface area (Å²) < 4.78 is 27.6. The molecular formula is C16H13F2N3OS2. The topological polar surface area (TPSA) is 54.9 Å². The number of carbonyl (C=O) groups excluding carboxylic acids is 1. The number of halogens is 2. The average molecular weight is 365 g/mol. The number of thiophene rings is 1. The number of thioether (sulfide) groups is 1. The zero-order valence-corrected chi connectivity index (χ0v) is 14.3. The zero-order chi connectivity index (χ0) is 17.1. The number of hydrogen-bond acceptors (Lipinski definition) is 5. The third-order valence-corrected chi connectivity index (χ3v) is 5.39. The molecule has 0 saturated heterocycles. The first-order valence-corrected chi connectivity index (χ1v) is 8.96. The molecule has 8 heteroatoms. The van der Waals surface area contributed by atoms with Gasteiger partial charge in [0.15, 0.2) is 0 Å². The standard InChI is InChI=1S/C16H13F2N3OS2/c1-9(11-3-2-10(17)6-12(11)18)21-14(22)7-24-16-15-13(4-5-23-15)19-8-20-16/h2-6,8-9H,7H2,1H3,(H,21,22)/t9-/m1/s1. The summed E-state index contributed by atoms with van der Waals surface area (Å²) in [4.78, 5) is 20.4. The predicted molar refractivity (Wildman–Crippen MR) is 91.1 cm³/mol. The molecule has 1 N–H and O–H groups in total. The molecule has 2 aromatic heterocycles. The molecule has 0 spiro atoms. The number of rotatable bonds is 5. The molecule has 0 aliphatic carbocycles. The van der Waals surface area contributed by atoms with Crippen LogP contribution in [0.25, 0.3) is 10.2 Å². The van der Waals surface area contributed by atoms with Crippen LogP contribution >= 0.6 is 23.1 Å². The summed E-state index contributed by atoms with van der Waals surface area (Å²) in [6.07, 6.45) is 1.46. The van der Waals surface area contributed by atoms with Crippen molar-refractivity contribution >= 4 is 39.2 Å². The zero-order valence-electron chi connectivity index (χ0n) is 12.6. The minimum Gasteiger partial charge on any atom is -0.349 e. The molecule has 0 aliphatic heterocycles. The summed E-state index contributed by atoms with van der Waals surface area (Å²) in [7, 11) is 0. The lowest BCUT2D eigenvalue weighted by Gasteiger charge is -2.15. The number of benzene rings is 1. The van der Waals surface area contributed by atoms with Crippen molar-refractivity contribution in [3.05, 3.63) is 53.2 Å². The van der Waals surface area contributed by atoms with E-state index in [9.17, 15) is 13.6 Å². The second-order valence-corrected chi connectivity index (χ2v) is 6.94. The molecule has 24 heavy (non-hydrogen) atoms. The van der Waals surface area contributed by atoms with Crippen LogP contribution in [-0.2, 0) is 4.79 Å². The smallest absolute Gasteiger partial charge is 0.230 e. The van der Waals surface area contributed by atoms with Crippen LogP contribution in [0.3, 0.4) is 0 Å². The molecule has 0 aliphatic rings. The Morgan fingerprint density at radius 2 is 2.17 bits per heavy atom. The van der Waals surface area contributed by atoms with Crippen LogP contribution in [-0.4, -0.2) is 21.6 Å². The number of aromatic nitrogens is 2. The van der Waals surface area contributed by atoms with E-state index in [2.05, 4.69) is 15.3 Å². The lowest BCUT2D eigenvalue weighted by atomic mass is 10.1. The van der Waals surface area contributed by atoms with Gasteiger partial charge in [-0.05, 0) is 24.4 Å². The van der Waals surface area contributed by atoms with E-state index in [0.717, 1.165) is 21.3 Å². The molecule has 3 rings (SSSR count). The van der Waals surface area contributed by atoms with Gasteiger partial charge in [-0.25, -0.2) is 18.7 Å². The van der Waals surface area contributed by atoms with Crippen molar-refractivity contribution in [2.45, 2.75) is 18.0 Å². The second kappa shape index (κ2) is 7.23. The summed E-state index contributed by atoms with van der Waals surface area (Å²) in [6.45, 7) is 1.65. The SMILES string of the molecule is C[C@@H](NC(=O)CSc1ncnc2ccsc12)c1ccc(F)cc1F. The normalized spacial score (nSPS) is 12.3. The van der Waals surface area contributed by atoms with E-state index in [4.69, 9.17) is 0 Å². The van der Waals surface area contributed by atoms with Gasteiger partial charge in [-0.1, -0.05) is 17.8 Å². The maximum atomic E-state index is 13.7. The molecule has 3 aromatic rings. The van der Waals surface area contributed by atoms with Crippen LogP contribution < -0.4 is 5.32 Å². The predicted octanol–water partition coefficient (Wildman–Crippen LogP) is 3.94. The van der Waals surface area contributed by atoms with E-state index in [1.807, 2.05) is 11.4 Å². The number of nitrogens with zero attached hydrogens (tertiary/aromatic N) is 2. The number of fused-ring (bicyclic) bond motifs is 1. The van der Waals surface area contributed by atoms with Crippen molar-refractivity contribution < 1.29 is 13.6 Å². The quantitative estimate of drug-likeness (QED) is 0.550. The summed E-state index contributed by atoms with van der Waals surface area (Å²) in [5, 5.41) is 5.37. The Balaban J connectivity index is 1.62. The van der Waals surface area contributed by atoms with E-state index in [-0.39, 0.29) is 17.2 Å². The van der Waals surface area contributed by atoms with Crippen molar-refractivity contribution in [1.29, 1.82) is 0 Å². The highest BCUT2D eigenvalue weighted by Gasteiger charge is 2.15. The molecule has 124 valence electrons. The van der Waals surface area contributed by atoms with Gasteiger partial charge in [0, 0.05) is 11.6 Å². The molecule has 0 unspecified atom stereocenters. The maximum absolute atomic E-state index is 13.7. The van der Waals surface area contributed by atoms with Crippen molar-refractivity contribution in [3.63, 3.8) is 0 Å². The highest BCUT2D eigenvalue weighted by atomic mass is 32.2. The van der Waals surface area contributed by atoms with Gasteiger partial charge >= 0.3 is 0 Å². The monoisotopic (exact) mass is 365 g/mol. The third-order valence-electron chi connectivity index (χ3n) is 3.36. The van der Waals surface area contributed by atoms with Crippen molar-refractivity contribution in [2.24, 2.45) is 0 Å². The Labute approximate surface area is 145 Å². The number of amides is 1. The Hall–Kier alpha value is -2.06. The Morgan fingerprint density at radius 3 is 2.96 bits per heavy atom. The molecule has 0 fully saturated rings. The first kappa shape index (κ1) is 16.8. The van der Waals surface area contributed by atoms with Crippen LogP contribution in [0.15, 0.2) is 41.0 Å². The summed E-state index contributed by atoms with van der Waals surface area (Å²) in [5.74, 6) is -1.42. The number of nitrogens with one attached hydrogen (secondary N) is 1. The van der Waals surface area contributed by atoms with Crippen molar-refractivity contribution in [1.82, 2.24) is 15.3 Å². The average Bonchev–Trinajstić information content (AvgIpc) is 3.01. The molecule has 2 heterocycles. The highest BCUT2D eigenvalue weighted by molar-refractivity contribution is 8.00. The number of carbonyl (C=O) groups is 1. The Kier molecular flexibility index (Phi) is 5.06. The largest absolute Gasteiger partial charge is 0.349 e. The summed E-state index contributed by atoms with van der Waals surface area (Å²) >= 11 is 2.82. The third kappa shape index (κ3) is 3.70. The minimum absolute atomic E-state index is 0.150.